The minimum absolute atomic E-state index is 0.696. The van der Waals surface area contributed by atoms with E-state index in [9.17, 15) is 0 Å². The smallest absolute Gasteiger partial charge is 0.119 e. The highest BCUT2D eigenvalue weighted by Crippen LogP contribution is 2.21. The molecule has 3 nitrogen and oxygen atoms in total. The Hall–Kier alpha value is -2.03. The SMILES string of the molecule is CCOc1ccc(NCc2cccnc2)c(C)c1. The summed E-state index contributed by atoms with van der Waals surface area (Å²) in [5.74, 6) is 0.918. The number of aromatic nitrogens is 1. The molecule has 0 radical (unpaired) electrons. The molecule has 0 aliphatic carbocycles. The van der Waals surface area contributed by atoms with E-state index in [1.807, 2.05) is 25.3 Å². The molecule has 1 aromatic heterocycles. The molecule has 0 aliphatic heterocycles. The van der Waals surface area contributed by atoms with Crippen molar-refractivity contribution in [3.63, 3.8) is 0 Å². The average Bonchev–Trinajstić information content (AvgIpc) is 2.39. The maximum atomic E-state index is 5.47. The van der Waals surface area contributed by atoms with Crippen LogP contribution in [-0.4, -0.2) is 11.6 Å². The van der Waals surface area contributed by atoms with Crippen molar-refractivity contribution in [1.82, 2.24) is 4.98 Å². The number of anilines is 1. The molecule has 0 amide bonds. The van der Waals surface area contributed by atoms with E-state index in [0.29, 0.717) is 6.61 Å². The van der Waals surface area contributed by atoms with Crippen LogP contribution in [0.25, 0.3) is 0 Å². The molecular weight excluding hydrogens is 224 g/mol. The summed E-state index contributed by atoms with van der Waals surface area (Å²) >= 11 is 0. The molecule has 0 saturated heterocycles. The highest BCUT2D eigenvalue weighted by molar-refractivity contribution is 5.53. The fraction of sp³-hybridized carbons (Fsp3) is 0.267. The third kappa shape index (κ3) is 3.23. The maximum Gasteiger partial charge on any atom is 0.119 e. The van der Waals surface area contributed by atoms with E-state index < -0.39 is 0 Å². The van der Waals surface area contributed by atoms with Crippen LogP contribution < -0.4 is 10.1 Å². The van der Waals surface area contributed by atoms with Crippen LogP contribution in [0.3, 0.4) is 0 Å². The van der Waals surface area contributed by atoms with Gasteiger partial charge < -0.3 is 10.1 Å². The van der Waals surface area contributed by atoms with Gasteiger partial charge in [-0.2, -0.15) is 0 Å². The highest BCUT2D eigenvalue weighted by Gasteiger charge is 2.00. The third-order valence-electron chi connectivity index (χ3n) is 2.71. The van der Waals surface area contributed by atoms with E-state index in [4.69, 9.17) is 4.74 Å². The van der Waals surface area contributed by atoms with Crippen LogP contribution in [0.4, 0.5) is 5.69 Å². The van der Waals surface area contributed by atoms with Crippen molar-refractivity contribution in [3.8, 4) is 5.75 Å². The first kappa shape index (κ1) is 12.4. The summed E-state index contributed by atoms with van der Waals surface area (Å²) in [7, 11) is 0. The van der Waals surface area contributed by atoms with Crippen LogP contribution in [0.15, 0.2) is 42.7 Å². The summed E-state index contributed by atoms with van der Waals surface area (Å²) in [6, 6.07) is 10.1. The first-order valence-corrected chi connectivity index (χ1v) is 6.16. The van der Waals surface area contributed by atoms with Gasteiger partial charge in [0.25, 0.3) is 0 Å². The molecule has 2 aromatic rings. The zero-order valence-electron chi connectivity index (χ0n) is 10.8. The minimum atomic E-state index is 0.696. The van der Waals surface area contributed by atoms with E-state index in [1.54, 1.807) is 6.20 Å². The summed E-state index contributed by atoms with van der Waals surface area (Å²) in [5.41, 5.74) is 3.48. The molecule has 0 fully saturated rings. The highest BCUT2D eigenvalue weighted by atomic mass is 16.5. The Morgan fingerprint density at radius 1 is 1.28 bits per heavy atom. The van der Waals surface area contributed by atoms with E-state index >= 15 is 0 Å². The molecule has 2 rings (SSSR count). The van der Waals surface area contributed by atoms with Gasteiger partial charge in [-0.25, -0.2) is 0 Å². The number of nitrogens with zero attached hydrogens (tertiary/aromatic N) is 1. The molecule has 0 saturated carbocycles. The van der Waals surface area contributed by atoms with Crippen molar-refractivity contribution in [2.45, 2.75) is 20.4 Å². The summed E-state index contributed by atoms with van der Waals surface area (Å²) in [6.45, 7) is 5.54. The van der Waals surface area contributed by atoms with Gasteiger partial charge in [0.1, 0.15) is 5.75 Å². The van der Waals surface area contributed by atoms with Crippen LogP contribution in [-0.2, 0) is 6.54 Å². The molecular formula is C15H18N2O. The van der Waals surface area contributed by atoms with Crippen molar-refractivity contribution >= 4 is 5.69 Å². The van der Waals surface area contributed by atoms with Gasteiger partial charge in [-0.05, 0) is 49.2 Å². The number of ether oxygens (including phenoxy) is 1. The van der Waals surface area contributed by atoms with E-state index in [1.165, 1.54) is 11.1 Å². The summed E-state index contributed by atoms with van der Waals surface area (Å²) < 4.78 is 5.47. The van der Waals surface area contributed by atoms with Gasteiger partial charge >= 0.3 is 0 Å². The van der Waals surface area contributed by atoms with Crippen molar-refractivity contribution in [2.24, 2.45) is 0 Å². The molecule has 0 spiro atoms. The van der Waals surface area contributed by atoms with Gasteiger partial charge in [0.15, 0.2) is 0 Å². The van der Waals surface area contributed by atoms with Gasteiger partial charge in [0.2, 0.25) is 0 Å². The monoisotopic (exact) mass is 242 g/mol. The Morgan fingerprint density at radius 3 is 2.83 bits per heavy atom. The first-order valence-electron chi connectivity index (χ1n) is 6.16. The number of hydrogen-bond donors (Lipinski definition) is 1. The van der Waals surface area contributed by atoms with Gasteiger partial charge in [-0.15, -0.1) is 0 Å². The number of aryl methyl sites for hydroxylation is 1. The maximum absolute atomic E-state index is 5.47. The molecule has 18 heavy (non-hydrogen) atoms. The molecule has 0 atom stereocenters. The number of rotatable bonds is 5. The lowest BCUT2D eigenvalue weighted by atomic mass is 10.2. The first-order chi connectivity index (χ1) is 8.79. The number of hydrogen-bond acceptors (Lipinski definition) is 3. The second-order valence-corrected chi connectivity index (χ2v) is 4.12. The number of pyridine rings is 1. The second-order valence-electron chi connectivity index (χ2n) is 4.12. The van der Waals surface area contributed by atoms with E-state index in [-0.39, 0.29) is 0 Å². The number of benzene rings is 1. The van der Waals surface area contributed by atoms with Gasteiger partial charge in [-0.1, -0.05) is 6.07 Å². The van der Waals surface area contributed by atoms with Crippen molar-refractivity contribution in [1.29, 1.82) is 0 Å². The van der Waals surface area contributed by atoms with Crippen molar-refractivity contribution in [3.05, 3.63) is 53.9 Å². The zero-order valence-corrected chi connectivity index (χ0v) is 10.8. The molecule has 0 bridgehead atoms. The molecule has 94 valence electrons. The van der Waals surface area contributed by atoms with Crippen LogP contribution in [0, 0.1) is 6.92 Å². The molecule has 1 aromatic carbocycles. The minimum Gasteiger partial charge on any atom is -0.494 e. The lowest BCUT2D eigenvalue weighted by Gasteiger charge is -2.11. The average molecular weight is 242 g/mol. The molecule has 3 heteroatoms. The van der Waals surface area contributed by atoms with E-state index in [0.717, 1.165) is 18.0 Å². The normalized spacial score (nSPS) is 10.1. The van der Waals surface area contributed by atoms with Gasteiger partial charge in [0.05, 0.1) is 6.61 Å². The Morgan fingerprint density at radius 2 is 2.17 bits per heavy atom. The summed E-state index contributed by atoms with van der Waals surface area (Å²) in [6.07, 6.45) is 3.66. The molecule has 1 N–H and O–H groups in total. The van der Waals surface area contributed by atoms with E-state index in [2.05, 4.69) is 35.4 Å². The van der Waals surface area contributed by atoms with Gasteiger partial charge in [0, 0.05) is 24.6 Å². The lowest BCUT2D eigenvalue weighted by Crippen LogP contribution is -2.01. The van der Waals surface area contributed by atoms with Crippen LogP contribution in [0.1, 0.15) is 18.1 Å². The summed E-state index contributed by atoms with van der Waals surface area (Å²) in [5, 5.41) is 3.40. The Labute approximate surface area is 108 Å². The Kier molecular flexibility index (Phi) is 4.18. The Balaban J connectivity index is 2.01. The number of nitrogens with one attached hydrogen (secondary N) is 1. The summed E-state index contributed by atoms with van der Waals surface area (Å²) in [4.78, 5) is 4.10. The molecule has 1 heterocycles. The van der Waals surface area contributed by atoms with Crippen LogP contribution in [0.2, 0.25) is 0 Å². The van der Waals surface area contributed by atoms with Crippen LogP contribution >= 0.6 is 0 Å². The fourth-order valence-electron chi connectivity index (χ4n) is 1.79. The predicted molar refractivity (Wildman–Crippen MR) is 73.9 cm³/mol. The largest absolute Gasteiger partial charge is 0.494 e. The molecule has 0 unspecified atom stereocenters. The van der Waals surface area contributed by atoms with Crippen molar-refractivity contribution < 1.29 is 4.74 Å². The lowest BCUT2D eigenvalue weighted by molar-refractivity contribution is 0.340. The molecule has 0 aliphatic rings. The Bertz CT molecular complexity index is 497. The van der Waals surface area contributed by atoms with Crippen molar-refractivity contribution in [2.75, 3.05) is 11.9 Å². The standard InChI is InChI=1S/C15H18N2O/c1-3-18-14-6-7-15(12(2)9-14)17-11-13-5-4-8-16-10-13/h4-10,17H,3,11H2,1-2H3. The predicted octanol–water partition coefficient (Wildman–Crippen LogP) is 3.40. The third-order valence-corrected chi connectivity index (χ3v) is 2.71. The fourth-order valence-corrected chi connectivity index (χ4v) is 1.79. The topological polar surface area (TPSA) is 34.1 Å². The van der Waals surface area contributed by atoms with Gasteiger partial charge in [-0.3, -0.25) is 4.98 Å². The van der Waals surface area contributed by atoms with Crippen LogP contribution in [0.5, 0.6) is 5.75 Å². The zero-order chi connectivity index (χ0) is 12.8. The second kappa shape index (κ2) is 6.05. The quantitative estimate of drug-likeness (QED) is 0.872.